The fourth-order valence-corrected chi connectivity index (χ4v) is 2.78. The van der Waals surface area contributed by atoms with E-state index in [0.717, 1.165) is 17.8 Å². The summed E-state index contributed by atoms with van der Waals surface area (Å²) < 4.78 is 0. The number of aliphatic carboxylic acids is 1. The largest absolute Gasteiger partial charge is 0.480 e. The molecule has 0 unspecified atom stereocenters. The molecular weight excluding hydrogens is 266 g/mol. The van der Waals surface area contributed by atoms with Crippen molar-refractivity contribution in [2.45, 2.75) is 32.6 Å². The minimum Gasteiger partial charge on any atom is -0.480 e. The highest BCUT2D eigenvalue weighted by atomic mass is 32.1. The van der Waals surface area contributed by atoms with Crippen molar-refractivity contribution in [1.82, 2.24) is 10.2 Å². The maximum Gasteiger partial charge on any atom is 0.319 e. The molecule has 1 aromatic heterocycles. The van der Waals surface area contributed by atoms with Gasteiger partial charge in [-0.3, -0.25) is 14.9 Å². The summed E-state index contributed by atoms with van der Waals surface area (Å²) in [7, 11) is 0. The lowest BCUT2D eigenvalue weighted by Crippen LogP contribution is -2.41. The number of hydrogen-bond acceptors (Lipinski definition) is 5. The number of carboxylic acid groups (broad SMARTS) is 1. The molecule has 0 saturated heterocycles. The number of anilines is 1. The fraction of sp³-hybridized carbons (Fsp3) is 0.500. The number of nitrogens with zero attached hydrogens (tertiary/aromatic N) is 2. The Kier molecular flexibility index (Phi) is 3.94. The smallest absolute Gasteiger partial charge is 0.319 e. The summed E-state index contributed by atoms with van der Waals surface area (Å²) in [6.07, 6.45) is 5.63. The molecule has 19 heavy (non-hydrogen) atoms. The molecule has 2 N–H and O–H groups in total. The third-order valence-electron chi connectivity index (χ3n) is 3.09. The first-order valence-electron chi connectivity index (χ1n) is 6.10. The summed E-state index contributed by atoms with van der Waals surface area (Å²) in [5.41, 5.74) is -1.39. The van der Waals surface area contributed by atoms with Gasteiger partial charge in [0.2, 0.25) is 11.0 Å². The van der Waals surface area contributed by atoms with Crippen LogP contribution in [0, 0.1) is 5.41 Å². The first-order valence-corrected chi connectivity index (χ1v) is 6.92. The highest BCUT2D eigenvalue weighted by Gasteiger charge is 2.46. The fourth-order valence-electron chi connectivity index (χ4n) is 1.95. The van der Waals surface area contributed by atoms with Gasteiger partial charge in [0.25, 0.3) is 0 Å². The van der Waals surface area contributed by atoms with Crippen molar-refractivity contribution in [3.63, 3.8) is 0 Å². The third kappa shape index (κ3) is 2.65. The molecule has 102 valence electrons. The van der Waals surface area contributed by atoms with Crippen molar-refractivity contribution in [2.75, 3.05) is 5.32 Å². The minimum atomic E-state index is -1.39. The lowest BCUT2D eigenvalue weighted by molar-refractivity contribution is -0.153. The van der Waals surface area contributed by atoms with Gasteiger partial charge in [-0.2, -0.15) is 0 Å². The topological polar surface area (TPSA) is 92.2 Å². The number of aromatic nitrogens is 2. The van der Waals surface area contributed by atoms with Gasteiger partial charge in [-0.05, 0) is 19.3 Å². The van der Waals surface area contributed by atoms with Crippen LogP contribution in [0.5, 0.6) is 0 Å². The average Bonchev–Trinajstić information content (AvgIpc) is 2.99. The van der Waals surface area contributed by atoms with Crippen molar-refractivity contribution in [3.8, 4) is 0 Å². The Morgan fingerprint density at radius 1 is 1.42 bits per heavy atom. The third-order valence-corrected chi connectivity index (χ3v) is 3.99. The van der Waals surface area contributed by atoms with Gasteiger partial charge >= 0.3 is 5.97 Å². The second kappa shape index (κ2) is 5.48. The van der Waals surface area contributed by atoms with Crippen molar-refractivity contribution in [3.05, 3.63) is 17.2 Å². The molecule has 0 saturated carbocycles. The van der Waals surface area contributed by atoms with Gasteiger partial charge in [-0.15, -0.1) is 10.2 Å². The zero-order valence-corrected chi connectivity index (χ0v) is 11.4. The van der Waals surface area contributed by atoms with Crippen LogP contribution in [0.25, 0.3) is 0 Å². The Balaban J connectivity index is 2.09. The zero-order chi connectivity index (χ0) is 13.9. The lowest BCUT2D eigenvalue weighted by atomic mass is 9.84. The Hall–Kier alpha value is -1.76. The number of nitrogens with one attached hydrogen (secondary N) is 1. The molecule has 0 bridgehead atoms. The number of amides is 1. The molecule has 1 heterocycles. The molecule has 0 aliphatic heterocycles. The maximum absolute atomic E-state index is 12.2. The normalized spacial score (nSPS) is 16.5. The highest BCUT2D eigenvalue weighted by Crippen LogP contribution is 2.35. The molecule has 0 spiro atoms. The Bertz CT molecular complexity index is 516. The summed E-state index contributed by atoms with van der Waals surface area (Å²) in [5.74, 6) is -1.63. The summed E-state index contributed by atoms with van der Waals surface area (Å²) in [4.78, 5) is 23.5. The number of carboxylic acids is 1. The van der Waals surface area contributed by atoms with E-state index in [1.807, 2.05) is 6.92 Å². The monoisotopic (exact) mass is 281 g/mol. The molecule has 1 aliphatic carbocycles. The van der Waals surface area contributed by atoms with Gasteiger partial charge in [0.05, 0.1) is 0 Å². The summed E-state index contributed by atoms with van der Waals surface area (Å²) in [5, 5.41) is 20.8. The summed E-state index contributed by atoms with van der Waals surface area (Å²) in [6.45, 7) is 2.03. The van der Waals surface area contributed by atoms with Crippen LogP contribution in [0.15, 0.2) is 12.2 Å². The molecule has 2 rings (SSSR count). The average molecular weight is 281 g/mol. The number of hydrogen-bond donors (Lipinski definition) is 2. The number of carbonyl (C=O) groups is 2. The van der Waals surface area contributed by atoms with Gasteiger partial charge in [0.1, 0.15) is 5.01 Å². The standard InChI is InChI=1S/C12H15N3O3S/c1-2-5-8-14-15-11(19-8)13-9(16)12(10(17)18)6-3-4-7-12/h3-4H,2,5-7H2,1H3,(H,17,18)(H,13,15,16). The van der Waals surface area contributed by atoms with E-state index in [4.69, 9.17) is 0 Å². The van der Waals surface area contributed by atoms with Crippen molar-refractivity contribution in [1.29, 1.82) is 0 Å². The van der Waals surface area contributed by atoms with E-state index in [0.29, 0.717) is 5.13 Å². The Labute approximate surface area is 114 Å². The predicted octanol–water partition coefficient (Wildman–Crippen LogP) is 1.85. The van der Waals surface area contributed by atoms with Crippen molar-refractivity contribution < 1.29 is 14.7 Å². The van der Waals surface area contributed by atoms with Crippen LogP contribution in [0.2, 0.25) is 0 Å². The molecular formula is C12H15N3O3S. The molecule has 0 radical (unpaired) electrons. The quantitative estimate of drug-likeness (QED) is 0.634. The lowest BCUT2D eigenvalue weighted by Gasteiger charge is -2.21. The van der Waals surface area contributed by atoms with Gasteiger partial charge in [0, 0.05) is 6.42 Å². The second-order valence-corrected chi connectivity index (χ2v) is 5.53. The van der Waals surface area contributed by atoms with Gasteiger partial charge in [-0.25, -0.2) is 0 Å². The second-order valence-electron chi connectivity index (χ2n) is 4.47. The summed E-state index contributed by atoms with van der Waals surface area (Å²) >= 11 is 1.29. The molecule has 7 heteroatoms. The molecule has 0 atom stereocenters. The van der Waals surface area contributed by atoms with E-state index in [9.17, 15) is 14.7 Å². The van der Waals surface area contributed by atoms with Gasteiger partial charge < -0.3 is 5.11 Å². The predicted molar refractivity (Wildman–Crippen MR) is 71.0 cm³/mol. The highest BCUT2D eigenvalue weighted by molar-refractivity contribution is 7.15. The van der Waals surface area contributed by atoms with Crippen LogP contribution in [0.1, 0.15) is 31.2 Å². The molecule has 1 amide bonds. The van der Waals surface area contributed by atoms with E-state index >= 15 is 0 Å². The van der Waals surface area contributed by atoms with Crippen LogP contribution < -0.4 is 5.32 Å². The molecule has 0 aromatic carbocycles. The van der Waals surface area contributed by atoms with Crippen LogP contribution in [-0.2, 0) is 16.0 Å². The van der Waals surface area contributed by atoms with Gasteiger partial charge in [0.15, 0.2) is 5.41 Å². The van der Waals surface area contributed by atoms with E-state index in [-0.39, 0.29) is 12.8 Å². The first-order chi connectivity index (χ1) is 9.08. The Morgan fingerprint density at radius 2 is 2.11 bits per heavy atom. The SMILES string of the molecule is CCCc1nnc(NC(=O)C2(C(=O)O)CC=CC2)s1. The summed E-state index contributed by atoms with van der Waals surface area (Å²) in [6, 6.07) is 0. The van der Waals surface area contributed by atoms with Crippen molar-refractivity contribution in [2.24, 2.45) is 5.41 Å². The first kappa shape index (κ1) is 13.7. The minimum absolute atomic E-state index is 0.217. The van der Waals surface area contributed by atoms with Crippen molar-refractivity contribution >= 4 is 28.3 Å². The van der Waals surface area contributed by atoms with Gasteiger partial charge in [-0.1, -0.05) is 30.4 Å². The number of allylic oxidation sites excluding steroid dienone is 2. The van der Waals surface area contributed by atoms with Crippen LogP contribution >= 0.6 is 11.3 Å². The van der Waals surface area contributed by atoms with E-state index < -0.39 is 17.3 Å². The van der Waals surface area contributed by atoms with Crippen LogP contribution in [0.4, 0.5) is 5.13 Å². The molecule has 0 fully saturated rings. The molecule has 1 aliphatic rings. The Morgan fingerprint density at radius 3 is 2.68 bits per heavy atom. The van der Waals surface area contributed by atoms with E-state index in [1.165, 1.54) is 11.3 Å². The molecule has 6 nitrogen and oxygen atoms in total. The van der Waals surface area contributed by atoms with E-state index in [1.54, 1.807) is 12.2 Å². The van der Waals surface area contributed by atoms with E-state index in [2.05, 4.69) is 15.5 Å². The number of rotatable bonds is 5. The number of carbonyl (C=O) groups excluding carboxylic acids is 1. The van der Waals surface area contributed by atoms with Crippen LogP contribution in [-0.4, -0.2) is 27.2 Å². The van der Waals surface area contributed by atoms with Crippen LogP contribution in [0.3, 0.4) is 0 Å². The zero-order valence-electron chi connectivity index (χ0n) is 10.5. The number of aryl methyl sites for hydroxylation is 1. The maximum atomic E-state index is 12.2. The molecule has 1 aromatic rings.